The van der Waals surface area contributed by atoms with Gasteiger partial charge in [0.1, 0.15) is 0 Å². The third-order valence-electron chi connectivity index (χ3n) is 2.48. The lowest BCUT2D eigenvalue weighted by atomic mass is 10.2. The molecule has 0 aliphatic heterocycles. The molecule has 104 valence electrons. The highest BCUT2D eigenvalue weighted by Gasteiger charge is 2.16. The zero-order valence-electron chi connectivity index (χ0n) is 10.2. The topological polar surface area (TPSA) is 97.5 Å². The Morgan fingerprint density at radius 3 is 2.30 bits per heavy atom. The first-order chi connectivity index (χ1) is 9.38. The predicted molar refractivity (Wildman–Crippen MR) is 75.3 cm³/mol. The highest BCUT2D eigenvalue weighted by molar-refractivity contribution is 7.99. The molecule has 5 nitrogen and oxygen atoms in total. The molecule has 0 heterocycles. The molecule has 0 unspecified atom stereocenters. The van der Waals surface area contributed by atoms with Gasteiger partial charge in [-0.25, -0.2) is 18.4 Å². The first kappa shape index (κ1) is 14.6. The minimum Gasteiger partial charge on any atom is -0.478 e. The molecular weight excluding hydrogens is 298 g/mol. The van der Waals surface area contributed by atoms with Crippen molar-refractivity contribution in [2.75, 3.05) is 0 Å². The van der Waals surface area contributed by atoms with E-state index in [9.17, 15) is 18.3 Å². The van der Waals surface area contributed by atoms with E-state index in [0.717, 1.165) is 11.0 Å². The maximum absolute atomic E-state index is 11.3. The molecule has 3 N–H and O–H groups in total. The minimum atomic E-state index is -3.92. The number of nitrogens with two attached hydrogens (primary N) is 1. The van der Waals surface area contributed by atoms with Crippen LogP contribution in [0.3, 0.4) is 0 Å². The number of carbonyl (C=O) groups is 1. The first-order valence-electron chi connectivity index (χ1n) is 5.51. The molecule has 2 aromatic rings. The molecule has 0 atom stereocenters. The molecule has 2 aromatic carbocycles. The van der Waals surface area contributed by atoms with Crippen molar-refractivity contribution in [3.05, 3.63) is 54.1 Å². The van der Waals surface area contributed by atoms with E-state index >= 15 is 0 Å². The number of hydrogen-bond acceptors (Lipinski definition) is 4. The maximum Gasteiger partial charge on any atom is 0.336 e. The average Bonchev–Trinajstić information content (AvgIpc) is 2.38. The van der Waals surface area contributed by atoms with Gasteiger partial charge in [0.2, 0.25) is 10.0 Å². The van der Waals surface area contributed by atoms with Gasteiger partial charge < -0.3 is 5.11 Å². The van der Waals surface area contributed by atoms with Gasteiger partial charge in [0, 0.05) is 9.79 Å². The van der Waals surface area contributed by atoms with Gasteiger partial charge in [0.15, 0.2) is 0 Å². The van der Waals surface area contributed by atoms with Crippen LogP contribution in [0.5, 0.6) is 0 Å². The molecule has 0 aliphatic rings. The molecule has 20 heavy (non-hydrogen) atoms. The van der Waals surface area contributed by atoms with Crippen molar-refractivity contribution in [3.8, 4) is 0 Å². The van der Waals surface area contributed by atoms with Gasteiger partial charge in [-0.05, 0) is 30.3 Å². The number of rotatable bonds is 4. The maximum atomic E-state index is 11.3. The summed E-state index contributed by atoms with van der Waals surface area (Å²) in [5.41, 5.74) is -0.0922. The van der Waals surface area contributed by atoms with E-state index in [4.69, 9.17) is 5.14 Å². The Labute approximate surface area is 120 Å². The van der Waals surface area contributed by atoms with E-state index in [2.05, 4.69) is 0 Å². The third kappa shape index (κ3) is 3.38. The minimum absolute atomic E-state index is 0.0922. The van der Waals surface area contributed by atoms with Gasteiger partial charge in [-0.3, -0.25) is 0 Å². The van der Waals surface area contributed by atoms with Crippen molar-refractivity contribution in [3.63, 3.8) is 0 Å². The van der Waals surface area contributed by atoms with Gasteiger partial charge >= 0.3 is 5.97 Å². The van der Waals surface area contributed by atoms with E-state index < -0.39 is 16.0 Å². The number of sulfonamides is 1. The SMILES string of the molecule is NS(=O)(=O)c1ccc(Sc2ccccc2)c(C(=O)O)c1. The summed E-state index contributed by atoms with van der Waals surface area (Å²) in [5.74, 6) is -1.20. The van der Waals surface area contributed by atoms with Crippen molar-refractivity contribution in [2.24, 2.45) is 5.14 Å². The van der Waals surface area contributed by atoms with Crippen LogP contribution in [0.2, 0.25) is 0 Å². The van der Waals surface area contributed by atoms with Crippen LogP contribution in [0.4, 0.5) is 0 Å². The summed E-state index contributed by atoms with van der Waals surface area (Å²) < 4.78 is 22.5. The number of carboxylic acids is 1. The molecule has 0 aliphatic carbocycles. The third-order valence-corrected chi connectivity index (χ3v) is 4.48. The van der Waals surface area contributed by atoms with Crippen molar-refractivity contribution in [1.29, 1.82) is 0 Å². The van der Waals surface area contributed by atoms with Gasteiger partial charge in [-0.2, -0.15) is 0 Å². The molecule has 0 bridgehead atoms. The van der Waals surface area contributed by atoms with Crippen LogP contribution >= 0.6 is 11.8 Å². The molecule has 0 radical (unpaired) electrons. The van der Waals surface area contributed by atoms with Gasteiger partial charge in [-0.15, -0.1) is 0 Å². The van der Waals surface area contributed by atoms with Crippen molar-refractivity contribution >= 4 is 27.8 Å². The Morgan fingerprint density at radius 2 is 1.75 bits per heavy atom. The van der Waals surface area contributed by atoms with Gasteiger partial charge in [0.25, 0.3) is 0 Å². The Hall–Kier alpha value is -1.83. The van der Waals surface area contributed by atoms with Crippen molar-refractivity contribution in [1.82, 2.24) is 0 Å². The predicted octanol–water partition coefficient (Wildman–Crippen LogP) is 2.18. The second-order valence-electron chi connectivity index (χ2n) is 3.92. The standard InChI is InChI=1S/C13H11NO4S2/c14-20(17,18)10-6-7-12(11(8-10)13(15)16)19-9-4-2-1-3-5-9/h1-8H,(H,15,16)(H2,14,17,18). The molecule has 2 rings (SSSR count). The lowest BCUT2D eigenvalue weighted by molar-refractivity contribution is 0.0693. The fourth-order valence-electron chi connectivity index (χ4n) is 1.56. The van der Waals surface area contributed by atoms with Crippen molar-refractivity contribution in [2.45, 2.75) is 14.7 Å². The summed E-state index contributed by atoms with van der Waals surface area (Å²) in [6, 6.07) is 13.0. The van der Waals surface area contributed by atoms with E-state index in [1.165, 1.54) is 23.9 Å². The van der Waals surface area contributed by atoms with Crippen LogP contribution in [0.25, 0.3) is 0 Å². The molecule has 0 spiro atoms. The molecule has 0 aromatic heterocycles. The van der Waals surface area contributed by atoms with Gasteiger partial charge in [0.05, 0.1) is 10.5 Å². The Bertz CT molecular complexity index is 742. The van der Waals surface area contributed by atoms with E-state index in [-0.39, 0.29) is 10.5 Å². The lowest BCUT2D eigenvalue weighted by Gasteiger charge is -2.07. The summed E-state index contributed by atoms with van der Waals surface area (Å²) in [4.78, 5) is 12.3. The highest BCUT2D eigenvalue weighted by Crippen LogP contribution is 2.31. The number of primary sulfonamides is 1. The fourth-order valence-corrected chi connectivity index (χ4v) is 3.04. The second kappa shape index (κ2) is 5.66. The van der Waals surface area contributed by atoms with E-state index in [1.807, 2.05) is 30.3 Å². The molecule has 0 amide bonds. The van der Waals surface area contributed by atoms with E-state index in [0.29, 0.717) is 4.90 Å². The Kier molecular flexibility index (Phi) is 4.12. The zero-order valence-corrected chi connectivity index (χ0v) is 11.8. The lowest BCUT2D eigenvalue weighted by Crippen LogP contribution is -2.13. The number of carboxylic acid groups (broad SMARTS) is 1. The van der Waals surface area contributed by atoms with Crippen LogP contribution in [0.1, 0.15) is 10.4 Å². The quantitative estimate of drug-likeness (QED) is 0.902. The summed E-state index contributed by atoms with van der Waals surface area (Å²) in [7, 11) is -3.92. The Balaban J connectivity index is 2.46. The second-order valence-corrected chi connectivity index (χ2v) is 6.60. The van der Waals surface area contributed by atoms with Crippen molar-refractivity contribution < 1.29 is 18.3 Å². The number of benzene rings is 2. The zero-order chi connectivity index (χ0) is 14.8. The smallest absolute Gasteiger partial charge is 0.336 e. The Morgan fingerprint density at radius 1 is 1.10 bits per heavy atom. The van der Waals surface area contributed by atoms with Crippen LogP contribution in [-0.2, 0) is 10.0 Å². The molecule has 0 saturated heterocycles. The average molecular weight is 309 g/mol. The molecule has 7 heteroatoms. The highest BCUT2D eigenvalue weighted by atomic mass is 32.2. The molecule has 0 saturated carbocycles. The van der Waals surface area contributed by atoms with Crippen LogP contribution < -0.4 is 5.14 Å². The normalized spacial score (nSPS) is 11.2. The van der Waals surface area contributed by atoms with Crippen LogP contribution in [0, 0.1) is 0 Å². The van der Waals surface area contributed by atoms with Gasteiger partial charge in [-0.1, -0.05) is 30.0 Å². The first-order valence-corrected chi connectivity index (χ1v) is 7.87. The fraction of sp³-hybridized carbons (Fsp3) is 0. The van der Waals surface area contributed by atoms with Crippen LogP contribution in [-0.4, -0.2) is 19.5 Å². The largest absolute Gasteiger partial charge is 0.478 e. The van der Waals surface area contributed by atoms with E-state index in [1.54, 1.807) is 0 Å². The summed E-state index contributed by atoms with van der Waals surface area (Å²) in [6.07, 6.45) is 0. The summed E-state index contributed by atoms with van der Waals surface area (Å²) >= 11 is 1.25. The number of aromatic carboxylic acids is 1. The monoisotopic (exact) mass is 309 g/mol. The summed E-state index contributed by atoms with van der Waals surface area (Å²) in [5, 5.41) is 14.2. The van der Waals surface area contributed by atoms with Crippen LogP contribution in [0.15, 0.2) is 63.2 Å². The summed E-state index contributed by atoms with van der Waals surface area (Å²) in [6.45, 7) is 0. The number of hydrogen-bond donors (Lipinski definition) is 2. The molecule has 0 fully saturated rings. The molecular formula is C13H11NO4S2.